The zero-order valence-corrected chi connectivity index (χ0v) is 17.0. The van der Waals surface area contributed by atoms with Crippen molar-refractivity contribution in [3.8, 4) is 0 Å². The van der Waals surface area contributed by atoms with E-state index in [4.69, 9.17) is 5.73 Å². The molecule has 154 valence electrons. The van der Waals surface area contributed by atoms with Crippen LogP contribution in [0.2, 0.25) is 0 Å². The van der Waals surface area contributed by atoms with Gasteiger partial charge in [0.05, 0.1) is 10.8 Å². The Morgan fingerprint density at radius 2 is 1.52 bits per heavy atom. The summed E-state index contributed by atoms with van der Waals surface area (Å²) in [5.41, 5.74) is 6.29. The van der Waals surface area contributed by atoms with Crippen molar-refractivity contribution in [3.63, 3.8) is 0 Å². The lowest BCUT2D eigenvalue weighted by atomic mass is 10.0. The highest BCUT2D eigenvalue weighted by Crippen LogP contribution is 2.09. The molecule has 8 heteroatoms. The Bertz CT molecular complexity index is 859. The average molecular weight is 416 g/mol. The van der Waals surface area contributed by atoms with E-state index < -0.39 is 34.7 Å². The summed E-state index contributed by atoms with van der Waals surface area (Å²) in [6, 6.07) is 16.2. The Morgan fingerprint density at radius 1 is 0.931 bits per heavy atom. The van der Waals surface area contributed by atoms with Gasteiger partial charge in [0.1, 0.15) is 12.1 Å². The van der Waals surface area contributed by atoms with Crippen LogP contribution in [-0.4, -0.2) is 39.8 Å². The summed E-state index contributed by atoms with van der Waals surface area (Å²) in [4.78, 5) is 36.7. The van der Waals surface area contributed by atoms with Gasteiger partial charge in [-0.1, -0.05) is 48.5 Å². The molecule has 0 aliphatic heterocycles. The molecule has 0 unspecified atom stereocenters. The van der Waals surface area contributed by atoms with E-state index in [0.29, 0.717) is 4.90 Å². The minimum absolute atomic E-state index is 0.126. The van der Waals surface area contributed by atoms with Crippen LogP contribution in [-0.2, 0) is 31.6 Å². The van der Waals surface area contributed by atoms with E-state index in [1.165, 1.54) is 6.92 Å². The molecule has 0 fully saturated rings. The van der Waals surface area contributed by atoms with Gasteiger partial charge in [-0.15, -0.1) is 0 Å². The van der Waals surface area contributed by atoms with Crippen molar-refractivity contribution in [1.29, 1.82) is 0 Å². The molecule has 3 amide bonds. The van der Waals surface area contributed by atoms with Crippen molar-refractivity contribution in [2.75, 3.05) is 5.75 Å². The maximum Gasteiger partial charge on any atom is 0.243 e. The molecule has 0 spiro atoms. The molecule has 0 aromatic heterocycles. The predicted octanol–water partition coefficient (Wildman–Crippen LogP) is 0.902. The lowest BCUT2D eigenvalue weighted by molar-refractivity contribution is -0.130. The molecule has 3 atom stereocenters. The van der Waals surface area contributed by atoms with Gasteiger partial charge in [-0.2, -0.15) is 0 Å². The second-order valence-electron chi connectivity index (χ2n) is 6.56. The fourth-order valence-electron chi connectivity index (χ4n) is 2.78. The average Bonchev–Trinajstić information content (AvgIpc) is 2.71. The van der Waals surface area contributed by atoms with Crippen LogP contribution < -0.4 is 16.4 Å². The summed E-state index contributed by atoms with van der Waals surface area (Å²) >= 11 is 0. The molecule has 0 aliphatic carbocycles. The fourth-order valence-corrected chi connectivity index (χ4v) is 3.92. The number of hydrogen-bond acceptors (Lipinski definition) is 4. The lowest BCUT2D eigenvalue weighted by Gasteiger charge is -2.21. The number of nitrogens with one attached hydrogen (secondary N) is 2. The van der Waals surface area contributed by atoms with Crippen LogP contribution in [0, 0.1) is 0 Å². The Balaban J connectivity index is 2.02. The van der Waals surface area contributed by atoms with Crippen molar-refractivity contribution in [3.05, 3.63) is 66.2 Å². The number of primary amides is 1. The minimum Gasteiger partial charge on any atom is -0.368 e. The molecule has 0 heterocycles. The lowest BCUT2D eigenvalue weighted by Crippen LogP contribution is -2.53. The zero-order valence-electron chi connectivity index (χ0n) is 16.2. The molecule has 7 nitrogen and oxygen atoms in total. The standard InChI is InChI=1S/C21H25N3O4S/c1-15(25)23-19(14-16-8-4-2-5-9-16)21(27)24-18(20(22)26)12-13-29(28)17-10-6-3-7-11-17/h2-11,18-19H,12-14H2,1H3,(H2,22,26)(H,23,25)(H,24,27)/t18-,19-,29-/m1/s1. The van der Waals surface area contributed by atoms with Crippen LogP contribution in [0.15, 0.2) is 65.6 Å². The van der Waals surface area contributed by atoms with Crippen LogP contribution in [0.5, 0.6) is 0 Å². The first-order chi connectivity index (χ1) is 13.9. The van der Waals surface area contributed by atoms with E-state index in [1.807, 2.05) is 36.4 Å². The quantitative estimate of drug-likeness (QED) is 0.534. The second kappa shape index (κ2) is 11.1. The van der Waals surface area contributed by atoms with Gasteiger partial charge >= 0.3 is 0 Å². The number of benzene rings is 2. The Labute approximate surface area is 172 Å². The highest BCUT2D eigenvalue weighted by molar-refractivity contribution is 7.85. The van der Waals surface area contributed by atoms with Gasteiger partial charge in [0.25, 0.3) is 0 Å². The van der Waals surface area contributed by atoms with Crippen molar-refractivity contribution in [2.24, 2.45) is 5.73 Å². The van der Waals surface area contributed by atoms with Crippen LogP contribution >= 0.6 is 0 Å². The summed E-state index contributed by atoms with van der Waals surface area (Å²) in [6.45, 7) is 1.32. The molecule has 0 aliphatic rings. The third-order valence-electron chi connectivity index (χ3n) is 4.23. The largest absolute Gasteiger partial charge is 0.368 e. The highest BCUT2D eigenvalue weighted by Gasteiger charge is 2.25. The number of amides is 3. The van der Waals surface area contributed by atoms with Gasteiger partial charge < -0.3 is 16.4 Å². The van der Waals surface area contributed by atoms with Gasteiger partial charge in [0.15, 0.2) is 0 Å². The van der Waals surface area contributed by atoms with E-state index in [-0.39, 0.29) is 24.5 Å². The van der Waals surface area contributed by atoms with Gasteiger partial charge in [-0.3, -0.25) is 18.6 Å². The van der Waals surface area contributed by atoms with E-state index in [9.17, 15) is 18.6 Å². The summed E-state index contributed by atoms with van der Waals surface area (Å²) in [6.07, 6.45) is 0.397. The van der Waals surface area contributed by atoms with Crippen molar-refractivity contribution in [1.82, 2.24) is 10.6 Å². The molecule has 2 aromatic rings. The first-order valence-corrected chi connectivity index (χ1v) is 10.5. The van der Waals surface area contributed by atoms with Crippen LogP contribution in [0.3, 0.4) is 0 Å². The normalized spacial score (nSPS) is 13.7. The first-order valence-electron chi connectivity index (χ1n) is 9.21. The molecule has 0 radical (unpaired) electrons. The monoisotopic (exact) mass is 415 g/mol. The molecule has 29 heavy (non-hydrogen) atoms. The first kappa shape index (κ1) is 22.3. The zero-order chi connectivity index (χ0) is 21.2. The Morgan fingerprint density at radius 3 is 2.07 bits per heavy atom. The van der Waals surface area contributed by atoms with Crippen LogP contribution in [0.25, 0.3) is 0 Å². The Kier molecular flexibility index (Phi) is 8.54. The SMILES string of the molecule is CC(=O)N[C@H](Cc1ccccc1)C(=O)N[C@H](CC[S@@](=O)c1ccccc1)C(N)=O. The molecule has 4 N–H and O–H groups in total. The Hall–Kier alpha value is -3.00. The summed E-state index contributed by atoms with van der Waals surface area (Å²) in [5.74, 6) is -1.42. The number of nitrogens with two attached hydrogens (primary N) is 1. The minimum atomic E-state index is -1.32. The fraction of sp³-hybridized carbons (Fsp3) is 0.286. The van der Waals surface area contributed by atoms with Crippen molar-refractivity contribution < 1.29 is 18.6 Å². The van der Waals surface area contributed by atoms with E-state index in [0.717, 1.165) is 5.56 Å². The van der Waals surface area contributed by atoms with E-state index in [1.54, 1.807) is 24.3 Å². The van der Waals surface area contributed by atoms with Gasteiger partial charge in [0.2, 0.25) is 17.7 Å². The van der Waals surface area contributed by atoms with Crippen LogP contribution in [0.1, 0.15) is 18.9 Å². The maximum absolute atomic E-state index is 12.7. The van der Waals surface area contributed by atoms with Crippen LogP contribution in [0.4, 0.5) is 0 Å². The number of rotatable bonds is 10. The van der Waals surface area contributed by atoms with Crippen molar-refractivity contribution >= 4 is 28.5 Å². The topological polar surface area (TPSA) is 118 Å². The number of carbonyl (C=O) groups excluding carboxylic acids is 3. The second-order valence-corrected chi connectivity index (χ2v) is 8.13. The third kappa shape index (κ3) is 7.50. The van der Waals surface area contributed by atoms with E-state index >= 15 is 0 Å². The third-order valence-corrected chi connectivity index (χ3v) is 5.64. The molecule has 0 saturated heterocycles. The molecule has 2 aromatic carbocycles. The predicted molar refractivity (Wildman–Crippen MR) is 111 cm³/mol. The summed E-state index contributed by atoms with van der Waals surface area (Å²) in [7, 11) is -1.32. The van der Waals surface area contributed by atoms with Gasteiger partial charge in [-0.05, 0) is 24.1 Å². The maximum atomic E-state index is 12.7. The summed E-state index contributed by atoms with van der Waals surface area (Å²) < 4.78 is 12.4. The molecular weight excluding hydrogens is 390 g/mol. The molecule has 0 bridgehead atoms. The summed E-state index contributed by atoms with van der Waals surface area (Å²) in [5, 5.41) is 5.19. The molecule has 0 saturated carbocycles. The van der Waals surface area contributed by atoms with Gasteiger partial charge in [-0.25, -0.2) is 0 Å². The number of hydrogen-bond donors (Lipinski definition) is 3. The van der Waals surface area contributed by atoms with E-state index in [2.05, 4.69) is 10.6 Å². The molecular formula is C21H25N3O4S. The number of carbonyl (C=O) groups is 3. The highest BCUT2D eigenvalue weighted by atomic mass is 32.2. The van der Waals surface area contributed by atoms with Crippen molar-refractivity contribution in [2.45, 2.75) is 36.7 Å². The smallest absolute Gasteiger partial charge is 0.243 e. The molecule has 2 rings (SSSR count). The van der Waals surface area contributed by atoms with Gasteiger partial charge in [0, 0.05) is 24.0 Å².